The van der Waals surface area contributed by atoms with Crippen molar-refractivity contribution in [1.29, 1.82) is 0 Å². The summed E-state index contributed by atoms with van der Waals surface area (Å²) in [6.45, 7) is 5.92. The fraction of sp³-hybridized carbons (Fsp3) is 0.583. The summed E-state index contributed by atoms with van der Waals surface area (Å²) >= 11 is 4.88. The Hall–Kier alpha value is -0.390. The van der Waals surface area contributed by atoms with Crippen LogP contribution >= 0.6 is 27.3 Å². The van der Waals surface area contributed by atoms with Crippen LogP contribution in [0, 0.1) is 5.41 Å². The smallest absolute Gasteiger partial charge is 0.252 e. The van der Waals surface area contributed by atoms with E-state index in [0.717, 1.165) is 15.9 Å². The Morgan fingerprint density at radius 3 is 2.65 bits per heavy atom. The van der Waals surface area contributed by atoms with E-state index in [-0.39, 0.29) is 11.3 Å². The maximum absolute atomic E-state index is 11.9. The van der Waals surface area contributed by atoms with E-state index >= 15 is 0 Å². The highest BCUT2D eigenvalue weighted by Gasteiger charge is 2.20. The summed E-state index contributed by atoms with van der Waals surface area (Å²) < 4.78 is 0.982. The van der Waals surface area contributed by atoms with Crippen LogP contribution in [0.25, 0.3) is 0 Å². The zero-order valence-electron chi connectivity index (χ0n) is 10.7. The largest absolute Gasteiger partial charge is 0.351 e. The van der Waals surface area contributed by atoms with Gasteiger partial charge in [0.05, 0.1) is 9.35 Å². The van der Waals surface area contributed by atoms with Gasteiger partial charge in [0.1, 0.15) is 0 Å². The molecule has 0 bridgehead atoms. The second-order valence-electron chi connectivity index (χ2n) is 5.22. The van der Waals surface area contributed by atoms with E-state index in [1.807, 2.05) is 25.5 Å². The van der Waals surface area contributed by atoms with Crippen molar-refractivity contribution < 1.29 is 4.79 Å². The van der Waals surface area contributed by atoms with E-state index in [1.54, 1.807) is 0 Å². The lowest BCUT2D eigenvalue weighted by Gasteiger charge is -2.28. The molecule has 1 rings (SSSR count). The number of hydrogen-bond acceptors (Lipinski definition) is 3. The summed E-state index contributed by atoms with van der Waals surface area (Å²) in [6.07, 6.45) is 0. The summed E-state index contributed by atoms with van der Waals surface area (Å²) in [6, 6.07) is 1.85. The molecule has 96 valence electrons. The maximum Gasteiger partial charge on any atom is 0.252 e. The first kappa shape index (κ1) is 14.7. The number of nitrogens with zero attached hydrogens (tertiary/aromatic N) is 1. The van der Waals surface area contributed by atoms with Gasteiger partial charge in [-0.3, -0.25) is 4.79 Å². The zero-order chi connectivity index (χ0) is 13.1. The molecule has 17 heavy (non-hydrogen) atoms. The quantitative estimate of drug-likeness (QED) is 0.905. The van der Waals surface area contributed by atoms with Crippen LogP contribution in [0.3, 0.4) is 0 Å². The molecule has 1 amide bonds. The number of rotatable bonds is 5. The lowest BCUT2D eigenvalue weighted by Crippen LogP contribution is -2.39. The average Bonchev–Trinajstić information content (AvgIpc) is 2.59. The SMILES string of the molecule is CN(C)CC(C)(C)CNC(=O)c1csc(Br)c1. The van der Waals surface area contributed by atoms with Gasteiger partial charge in [0.2, 0.25) is 0 Å². The number of carbonyl (C=O) groups excluding carboxylic acids is 1. The van der Waals surface area contributed by atoms with Crippen molar-refractivity contribution in [2.75, 3.05) is 27.2 Å². The molecule has 0 atom stereocenters. The van der Waals surface area contributed by atoms with Gasteiger partial charge in [0.15, 0.2) is 0 Å². The molecule has 1 N–H and O–H groups in total. The van der Waals surface area contributed by atoms with Gasteiger partial charge in [0, 0.05) is 18.5 Å². The first-order valence-corrected chi connectivity index (χ1v) is 7.14. The number of thiophene rings is 1. The molecule has 0 aliphatic rings. The fourth-order valence-corrected chi connectivity index (χ4v) is 2.90. The van der Waals surface area contributed by atoms with Crippen molar-refractivity contribution >= 4 is 33.2 Å². The van der Waals surface area contributed by atoms with Gasteiger partial charge in [-0.1, -0.05) is 13.8 Å². The molecule has 0 unspecified atom stereocenters. The van der Waals surface area contributed by atoms with Crippen molar-refractivity contribution in [3.8, 4) is 0 Å². The third-order valence-electron chi connectivity index (χ3n) is 2.30. The van der Waals surface area contributed by atoms with Gasteiger partial charge < -0.3 is 10.2 Å². The van der Waals surface area contributed by atoms with Gasteiger partial charge in [-0.2, -0.15) is 0 Å². The Balaban J connectivity index is 2.48. The van der Waals surface area contributed by atoms with Gasteiger partial charge in [-0.25, -0.2) is 0 Å². The molecule has 0 fully saturated rings. The Morgan fingerprint density at radius 1 is 1.53 bits per heavy atom. The molecule has 0 aliphatic carbocycles. The van der Waals surface area contributed by atoms with Gasteiger partial charge in [-0.15, -0.1) is 11.3 Å². The van der Waals surface area contributed by atoms with Crippen LogP contribution < -0.4 is 5.32 Å². The van der Waals surface area contributed by atoms with Crippen molar-refractivity contribution in [2.24, 2.45) is 5.41 Å². The Bertz CT molecular complexity index is 388. The lowest BCUT2D eigenvalue weighted by atomic mass is 9.93. The Kier molecular flexibility index (Phi) is 5.16. The molecule has 1 aromatic rings. The highest BCUT2D eigenvalue weighted by molar-refractivity contribution is 9.11. The zero-order valence-corrected chi connectivity index (χ0v) is 13.1. The van der Waals surface area contributed by atoms with Gasteiger partial charge in [-0.05, 0) is 41.5 Å². The van der Waals surface area contributed by atoms with E-state index in [0.29, 0.717) is 6.54 Å². The summed E-state index contributed by atoms with van der Waals surface area (Å²) in [5.41, 5.74) is 0.800. The molecule has 0 aromatic carbocycles. The van der Waals surface area contributed by atoms with Gasteiger partial charge in [0.25, 0.3) is 5.91 Å². The van der Waals surface area contributed by atoms with Crippen LogP contribution in [0.4, 0.5) is 0 Å². The van der Waals surface area contributed by atoms with E-state index in [1.165, 1.54) is 11.3 Å². The number of nitrogens with one attached hydrogen (secondary N) is 1. The summed E-state index contributed by atoms with van der Waals surface area (Å²) in [7, 11) is 4.08. The first-order chi connectivity index (χ1) is 7.80. The van der Waals surface area contributed by atoms with Crippen LogP contribution in [-0.2, 0) is 0 Å². The van der Waals surface area contributed by atoms with E-state index in [4.69, 9.17) is 0 Å². The molecule has 0 saturated heterocycles. The third kappa shape index (κ3) is 5.19. The number of hydrogen-bond donors (Lipinski definition) is 1. The second-order valence-corrected chi connectivity index (χ2v) is 7.51. The molecule has 1 aromatic heterocycles. The molecule has 0 saturated carbocycles. The standard InChI is InChI=1S/C12H19BrN2OS/c1-12(2,8-15(3)4)7-14-11(16)9-5-10(13)17-6-9/h5-6H,7-8H2,1-4H3,(H,14,16). The van der Waals surface area contributed by atoms with E-state index in [2.05, 4.69) is 40.0 Å². The molecule has 3 nitrogen and oxygen atoms in total. The predicted octanol–water partition coefficient (Wildman–Crippen LogP) is 2.83. The average molecular weight is 319 g/mol. The Labute approximate surface area is 115 Å². The van der Waals surface area contributed by atoms with Crippen molar-refractivity contribution in [3.63, 3.8) is 0 Å². The number of amides is 1. The summed E-state index contributed by atoms with van der Waals surface area (Å²) in [5.74, 6) is -0.00113. The first-order valence-electron chi connectivity index (χ1n) is 5.47. The van der Waals surface area contributed by atoms with Crippen LogP contribution in [0.2, 0.25) is 0 Å². The van der Waals surface area contributed by atoms with Crippen LogP contribution in [0.15, 0.2) is 15.2 Å². The topological polar surface area (TPSA) is 32.3 Å². The molecular weight excluding hydrogens is 300 g/mol. The molecule has 0 radical (unpaired) electrons. The number of halogens is 1. The van der Waals surface area contributed by atoms with Crippen LogP contribution in [0.1, 0.15) is 24.2 Å². The minimum atomic E-state index is -0.00113. The minimum Gasteiger partial charge on any atom is -0.351 e. The van der Waals surface area contributed by atoms with E-state index < -0.39 is 0 Å². The minimum absolute atomic E-state index is 0.00113. The number of carbonyl (C=O) groups is 1. The highest BCUT2D eigenvalue weighted by atomic mass is 79.9. The monoisotopic (exact) mass is 318 g/mol. The molecule has 0 aliphatic heterocycles. The van der Waals surface area contributed by atoms with Crippen LogP contribution in [0.5, 0.6) is 0 Å². The maximum atomic E-state index is 11.9. The normalized spacial score (nSPS) is 11.9. The lowest BCUT2D eigenvalue weighted by molar-refractivity contribution is 0.0929. The van der Waals surface area contributed by atoms with E-state index in [9.17, 15) is 4.79 Å². The van der Waals surface area contributed by atoms with Crippen molar-refractivity contribution in [2.45, 2.75) is 13.8 Å². The fourth-order valence-electron chi connectivity index (χ4n) is 1.76. The third-order valence-corrected chi connectivity index (χ3v) is 3.81. The Morgan fingerprint density at radius 2 is 2.18 bits per heavy atom. The summed E-state index contributed by atoms with van der Waals surface area (Å²) in [4.78, 5) is 14.0. The predicted molar refractivity (Wildman–Crippen MR) is 76.7 cm³/mol. The van der Waals surface area contributed by atoms with Gasteiger partial charge >= 0.3 is 0 Å². The van der Waals surface area contributed by atoms with Crippen LogP contribution in [-0.4, -0.2) is 38.0 Å². The molecule has 0 spiro atoms. The molecular formula is C12H19BrN2OS. The highest BCUT2D eigenvalue weighted by Crippen LogP contribution is 2.21. The summed E-state index contributed by atoms with van der Waals surface area (Å²) in [5, 5.41) is 4.84. The molecule has 5 heteroatoms. The van der Waals surface area contributed by atoms with Crippen molar-refractivity contribution in [3.05, 3.63) is 20.8 Å². The second kappa shape index (κ2) is 5.98. The molecule has 1 heterocycles. The van der Waals surface area contributed by atoms with Crippen molar-refractivity contribution in [1.82, 2.24) is 10.2 Å².